The Morgan fingerprint density at radius 1 is 1.42 bits per heavy atom. The van der Waals surface area contributed by atoms with E-state index in [4.69, 9.17) is 20.6 Å². The van der Waals surface area contributed by atoms with Crippen molar-refractivity contribution in [2.24, 2.45) is 11.7 Å². The van der Waals surface area contributed by atoms with Crippen molar-refractivity contribution in [2.45, 2.75) is 32.2 Å². The molecule has 0 aromatic carbocycles. The lowest BCUT2D eigenvalue weighted by Crippen LogP contribution is -2.30. The van der Waals surface area contributed by atoms with E-state index in [-0.39, 0.29) is 18.4 Å². The molecule has 74 valence electrons. The molecule has 0 fully saturated rings. The van der Waals surface area contributed by atoms with Gasteiger partial charge in [-0.05, 0) is 5.92 Å². The van der Waals surface area contributed by atoms with Gasteiger partial charge in [0, 0.05) is 12.5 Å². The minimum absolute atomic E-state index is 0.0675. The fourth-order valence-corrected chi connectivity index (χ4v) is 1.17. The van der Waals surface area contributed by atoms with Crippen LogP contribution in [0, 0.1) is 5.92 Å². The molecule has 2 unspecified atom stereocenters. The first-order valence-electron chi connectivity index (χ1n) is 3.74. The molecule has 0 aliphatic rings. The summed E-state index contributed by atoms with van der Waals surface area (Å²) in [6.07, 6.45) is -0.0675. The summed E-state index contributed by atoms with van der Waals surface area (Å²) >= 11 is 0. The van der Waals surface area contributed by atoms with Gasteiger partial charge in [0.1, 0.15) is 0 Å². The highest BCUT2D eigenvalue weighted by atomic mass is 31.2. The molecule has 2 atom stereocenters. The first-order chi connectivity index (χ1) is 5.25. The third-order valence-corrected chi connectivity index (χ3v) is 2.71. The topological polar surface area (TPSA) is 104 Å². The minimum atomic E-state index is -4.37. The van der Waals surface area contributed by atoms with Crippen molar-refractivity contribution in [1.82, 2.24) is 0 Å². The third-order valence-electron chi connectivity index (χ3n) is 1.73. The van der Waals surface area contributed by atoms with Gasteiger partial charge in [-0.15, -0.1) is 0 Å². The highest BCUT2D eigenvalue weighted by Crippen LogP contribution is 2.41. The summed E-state index contributed by atoms with van der Waals surface area (Å²) in [6.45, 7) is 3.66. The summed E-state index contributed by atoms with van der Waals surface area (Å²) < 4.78 is 10.5. The number of aliphatic hydroxyl groups excluding tert-OH is 1. The quantitative estimate of drug-likeness (QED) is 0.469. The minimum Gasteiger partial charge on any atom is -0.380 e. The Kier molecular flexibility index (Phi) is 4.37. The molecule has 0 aromatic rings. The zero-order valence-electron chi connectivity index (χ0n) is 7.21. The van der Waals surface area contributed by atoms with E-state index in [2.05, 4.69) is 0 Å². The molecular weight excluding hydrogens is 181 g/mol. The Morgan fingerprint density at radius 3 is 2.08 bits per heavy atom. The summed E-state index contributed by atoms with van der Waals surface area (Å²) in [7, 11) is -4.37. The van der Waals surface area contributed by atoms with Crippen LogP contribution in [-0.2, 0) is 4.57 Å². The molecule has 5 nitrogen and oxygen atoms in total. The Morgan fingerprint density at radius 2 is 1.83 bits per heavy atom. The molecule has 0 saturated heterocycles. The maximum absolute atomic E-state index is 10.5. The third kappa shape index (κ3) is 4.18. The van der Waals surface area contributed by atoms with Crippen LogP contribution in [0.15, 0.2) is 0 Å². The fourth-order valence-electron chi connectivity index (χ4n) is 0.653. The van der Waals surface area contributed by atoms with E-state index >= 15 is 0 Å². The highest BCUT2D eigenvalue weighted by Gasteiger charge is 2.28. The van der Waals surface area contributed by atoms with Crippen LogP contribution in [0.2, 0.25) is 0 Å². The van der Waals surface area contributed by atoms with Gasteiger partial charge in [-0.25, -0.2) is 0 Å². The van der Waals surface area contributed by atoms with Gasteiger partial charge in [0.2, 0.25) is 0 Å². The van der Waals surface area contributed by atoms with Crippen LogP contribution in [0.1, 0.15) is 20.3 Å². The van der Waals surface area contributed by atoms with Crippen molar-refractivity contribution in [3.8, 4) is 0 Å². The zero-order valence-corrected chi connectivity index (χ0v) is 8.11. The molecule has 0 rings (SSSR count). The zero-order chi connectivity index (χ0) is 9.94. The van der Waals surface area contributed by atoms with Crippen LogP contribution in [0.25, 0.3) is 0 Å². The van der Waals surface area contributed by atoms with E-state index in [1.165, 1.54) is 0 Å². The SMILES string of the molecule is CC(C)C(N)CC(O)P(=O)(O)O. The lowest BCUT2D eigenvalue weighted by atomic mass is 10.0. The van der Waals surface area contributed by atoms with Crippen molar-refractivity contribution < 1.29 is 19.5 Å². The molecule has 0 heterocycles. The van der Waals surface area contributed by atoms with Crippen LogP contribution in [0.4, 0.5) is 0 Å². The monoisotopic (exact) mass is 197 g/mol. The Balaban J connectivity index is 4.02. The molecule has 0 aliphatic carbocycles. The summed E-state index contributed by atoms with van der Waals surface area (Å²) in [4.78, 5) is 17.0. The molecule has 0 aromatic heterocycles. The maximum Gasteiger partial charge on any atom is 0.353 e. The molecule has 0 aliphatic heterocycles. The first-order valence-corrected chi connectivity index (χ1v) is 5.42. The average Bonchev–Trinajstić information content (AvgIpc) is 1.85. The Labute approximate surface area is 71.7 Å². The van der Waals surface area contributed by atoms with E-state index in [1.54, 1.807) is 0 Å². The predicted octanol–water partition coefficient (Wildman–Crippen LogP) is -0.144. The van der Waals surface area contributed by atoms with Crippen molar-refractivity contribution in [3.63, 3.8) is 0 Å². The van der Waals surface area contributed by atoms with Gasteiger partial charge in [0.15, 0.2) is 5.85 Å². The van der Waals surface area contributed by atoms with Gasteiger partial charge >= 0.3 is 7.60 Å². The van der Waals surface area contributed by atoms with Crippen LogP contribution in [0.3, 0.4) is 0 Å². The summed E-state index contributed by atoms with van der Waals surface area (Å²) in [6, 6.07) is -0.382. The van der Waals surface area contributed by atoms with Gasteiger partial charge in [-0.3, -0.25) is 4.57 Å². The van der Waals surface area contributed by atoms with Gasteiger partial charge in [-0.2, -0.15) is 0 Å². The van der Waals surface area contributed by atoms with E-state index in [0.717, 1.165) is 0 Å². The largest absolute Gasteiger partial charge is 0.380 e. The lowest BCUT2D eigenvalue weighted by molar-refractivity contribution is 0.178. The highest BCUT2D eigenvalue weighted by molar-refractivity contribution is 7.52. The normalized spacial score (nSPS) is 17.9. The van der Waals surface area contributed by atoms with Crippen molar-refractivity contribution in [3.05, 3.63) is 0 Å². The summed E-state index contributed by atoms with van der Waals surface area (Å²) in [5.41, 5.74) is 5.51. The molecule has 0 amide bonds. The standard InChI is InChI=1S/C6H16NO4P/c1-4(2)5(7)3-6(8)12(9,10)11/h4-6,8H,3,7H2,1-2H3,(H2,9,10,11). The van der Waals surface area contributed by atoms with Crippen molar-refractivity contribution >= 4 is 7.60 Å². The molecular formula is C6H16NO4P. The molecule has 0 saturated carbocycles. The van der Waals surface area contributed by atoms with Gasteiger partial charge in [0.05, 0.1) is 0 Å². The molecule has 0 spiro atoms. The second-order valence-electron chi connectivity index (χ2n) is 3.21. The maximum atomic E-state index is 10.5. The number of nitrogens with two attached hydrogens (primary N) is 1. The van der Waals surface area contributed by atoms with E-state index in [0.29, 0.717) is 0 Å². The molecule has 0 bridgehead atoms. The van der Waals surface area contributed by atoms with Crippen LogP contribution in [-0.4, -0.2) is 26.8 Å². The predicted molar refractivity (Wildman–Crippen MR) is 45.5 cm³/mol. The van der Waals surface area contributed by atoms with Crippen LogP contribution in [0.5, 0.6) is 0 Å². The van der Waals surface area contributed by atoms with Crippen LogP contribution >= 0.6 is 7.60 Å². The van der Waals surface area contributed by atoms with E-state index in [9.17, 15) is 4.57 Å². The summed E-state index contributed by atoms with van der Waals surface area (Å²) in [5.74, 6) is -1.53. The van der Waals surface area contributed by atoms with Gasteiger partial charge in [0.25, 0.3) is 0 Å². The van der Waals surface area contributed by atoms with Gasteiger partial charge in [-0.1, -0.05) is 13.8 Å². The van der Waals surface area contributed by atoms with E-state index in [1.807, 2.05) is 13.8 Å². The van der Waals surface area contributed by atoms with Gasteiger partial charge < -0.3 is 20.6 Å². The Bertz CT molecular complexity index is 178. The lowest BCUT2D eigenvalue weighted by Gasteiger charge is -2.19. The fraction of sp³-hybridized carbons (Fsp3) is 1.00. The smallest absolute Gasteiger partial charge is 0.353 e. The number of aliphatic hydroxyl groups is 1. The van der Waals surface area contributed by atoms with Crippen molar-refractivity contribution in [2.75, 3.05) is 0 Å². The van der Waals surface area contributed by atoms with Crippen LogP contribution < -0.4 is 5.73 Å². The number of rotatable bonds is 4. The van der Waals surface area contributed by atoms with Crippen molar-refractivity contribution in [1.29, 1.82) is 0 Å². The number of hydrogen-bond donors (Lipinski definition) is 4. The second kappa shape index (κ2) is 4.35. The van der Waals surface area contributed by atoms with E-state index < -0.39 is 13.4 Å². The molecule has 0 radical (unpaired) electrons. The summed E-state index contributed by atoms with van der Waals surface area (Å²) in [5, 5.41) is 8.96. The molecule has 12 heavy (non-hydrogen) atoms. The Hall–Kier alpha value is 0.0700. The first kappa shape index (κ1) is 12.1. The molecule has 6 heteroatoms. The second-order valence-corrected chi connectivity index (χ2v) is 4.99. The average molecular weight is 197 g/mol. The molecule has 5 N–H and O–H groups in total. The number of hydrogen-bond acceptors (Lipinski definition) is 3.